The van der Waals surface area contributed by atoms with Crippen LogP contribution < -0.4 is 5.32 Å². The lowest BCUT2D eigenvalue weighted by Gasteiger charge is -2.23. The molecule has 3 rings (SSSR count). The first-order chi connectivity index (χ1) is 17.8. The molecule has 6 nitrogen and oxygen atoms in total. The Balaban J connectivity index is 1.88. The number of alkyl halides is 3. The van der Waals surface area contributed by atoms with Crippen LogP contribution in [0.15, 0.2) is 54.6 Å². The SMILES string of the molecule is CCCCCN(CC(=O)Nc1cc(C(C)(C)C)nn1-c1cccc(C)c1)C(=O)c1cccc(C(F)(F)F)c1. The first kappa shape index (κ1) is 28.9. The van der Waals surface area contributed by atoms with Gasteiger partial charge in [-0.15, -0.1) is 0 Å². The largest absolute Gasteiger partial charge is 0.416 e. The number of benzene rings is 2. The number of hydrogen-bond donors (Lipinski definition) is 1. The Morgan fingerprint density at radius 3 is 2.34 bits per heavy atom. The van der Waals surface area contributed by atoms with Gasteiger partial charge in [-0.2, -0.15) is 18.3 Å². The lowest BCUT2D eigenvalue weighted by atomic mass is 9.92. The van der Waals surface area contributed by atoms with Crippen molar-refractivity contribution < 1.29 is 22.8 Å². The fourth-order valence-electron chi connectivity index (χ4n) is 3.97. The predicted molar refractivity (Wildman–Crippen MR) is 143 cm³/mol. The third-order valence-corrected chi connectivity index (χ3v) is 6.08. The molecule has 3 aromatic rings. The van der Waals surface area contributed by atoms with Gasteiger partial charge >= 0.3 is 6.18 Å². The standard InChI is InChI=1S/C29H35F3N4O2/c1-6-7-8-15-35(27(38)21-12-10-13-22(17-21)29(30,31)32)19-26(37)33-25-18-24(28(3,4)5)34-36(25)23-14-9-11-20(2)16-23/h9-14,16-18H,6-8,15,19H2,1-5H3,(H,33,37). The Hall–Kier alpha value is -3.62. The molecule has 0 fully saturated rings. The molecular weight excluding hydrogens is 493 g/mol. The summed E-state index contributed by atoms with van der Waals surface area (Å²) in [5, 5.41) is 7.59. The number of unbranched alkanes of at least 4 members (excludes halogenated alkanes) is 2. The molecule has 0 saturated heterocycles. The van der Waals surface area contributed by atoms with E-state index >= 15 is 0 Å². The lowest BCUT2D eigenvalue weighted by molar-refractivity contribution is -0.137. The second-order valence-electron chi connectivity index (χ2n) is 10.5. The Morgan fingerprint density at radius 1 is 1.00 bits per heavy atom. The summed E-state index contributed by atoms with van der Waals surface area (Å²) < 4.78 is 41.3. The van der Waals surface area contributed by atoms with Gasteiger partial charge in [0, 0.05) is 23.6 Å². The number of amides is 2. The number of carbonyl (C=O) groups is 2. The molecular formula is C29H35F3N4O2. The summed E-state index contributed by atoms with van der Waals surface area (Å²) in [4.78, 5) is 27.7. The zero-order chi connectivity index (χ0) is 28.1. The molecule has 0 bridgehead atoms. The molecule has 0 saturated carbocycles. The van der Waals surface area contributed by atoms with Crippen LogP contribution in [0.2, 0.25) is 0 Å². The molecule has 2 amide bonds. The normalized spacial score (nSPS) is 11.9. The molecule has 0 atom stereocenters. The molecule has 0 aliphatic heterocycles. The van der Waals surface area contributed by atoms with Crippen molar-refractivity contribution in [3.8, 4) is 5.69 Å². The van der Waals surface area contributed by atoms with Gasteiger partial charge in [-0.25, -0.2) is 4.68 Å². The molecule has 0 aliphatic carbocycles. The van der Waals surface area contributed by atoms with Crippen molar-refractivity contribution in [1.29, 1.82) is 0 Å². The number of nitrogens with one attached hydrogen (secondary N) is 1. The molecule has 38 heavy (non-hydrogen) atoms. The van der Waals surface area contributed by atoms with E-state index in [9.17, 15) is 22.8 Å². The summed E-state index contributed by atoms with van der Waals surface area (Å²) in [5.74, 6) is -0.633. The first-order valence-corrected chi connectivity index (χ1v) is 12.7. The van der Waals surface area contributed by atoms with Crippen LogP contribution in [0, 0.1) is 6.92 Å². The van der Waals surface area contributed by atoms with Gasteiger partial charge in [0.25, 0.3) is 5.91 Å². The molecule has 0 spiro atoms. The van der Waals surface area contributed by atoms with Crippen LogP contribution in [0.1, 0.15) is 74.1 Å². The minimum absolute atomic E-state index is 0.107. The average molecular weight is 529 g/mol. The Kier molecular flexibility index (Phi) is 9.01. The van der Waals surface area contributed by atoms with E-state index < -0.39 is 23.6 Å². The van der Waals surface area contributed by atoms with Gasteiger partial charge < -0.3 is 10.2 Å². The van der Waals surface area contributed by atoms with Crippen LogP contribution in [0.5, 0.6) is 0 Å². The quantitative estimate of drug-likeness (QED) is 0.312. The number of aryl methyl sites for hydroxylation is 1. The van der Waals surface area contributed by atoms with Gasteiger partial charge in [0.1, 0.15) is 12.4 Å². The van der Waals surface area contributed by atoms with Crippen LogP contribution in [0.3, 0.4) is 0 Å². The van der Waals surface area contributed by atoms with Crippen LogP contribution in [0.4, 0.5) is 19.0 Å². The number of aromatic nitrogens is 2. The van der Waals surface area contributed by atoms with Gasteiger partial charge in [-0.05, 0) is 49.2 Å². The highest BCUT2D eigenvalue weighted by Crippen LogP contribution is 2.30. The molecule has 1 aromatic heterocycles. The minimum atomic E-state index is -4.57. The highest BCUT2D eigenvalue weighted by Gasteiger charge is 2.31. The minimum Gasteiger partial charge on any atom is -0.329 e. The molecule has 204 valence electrons. The summed E-state index contributed by atoms with van der Waals surface area (Å²) in [7, 11) is 0. The second kappa shape index (κ2) is 11.8. The van der Waals surface area contributed by atoms with Crippen molar-refractivity contribution in [2.45, 2.75) is 65.5 Å². The van der Waals surface area contributed by atoms with Crippen molar-refractivity contribution in [1.82, 2.24) is 14.7 Å². The number of halogens is 3. The molecule has 0 unspecified atom stereocenters. The molecule has 1 N–H and O–H groups in total. The topological polar surface area (TPSA) is 67.2 Å². The monoisotopic (exact) mass is 528 g/mol. The van der Waals surface area contributed by atoms with E-state index in [1.807, 2.05) is 58.9 Å². The van der Waals surface area contributed by atoms with E-state index in [0.29, 0.717) is 12.2 Å². The molecule has 0 radical (unpaired) electrons. The van der Waals surface area contributed by atoms with Crippen molar-refractivity contribution in [3.63, 3.8) is 0 Å². The van der Waals surface area contributed by atoms with Gasteiger partial charge in [0.05, 0.1) is 16.9 Å². The van der Waals surface area contributed by atoms with Gasteiger partial charge in [0.2, 0.25) is 5.91 Å². The number of hydrogen-bond acceptors (Lipinski definition) is 3. The molecule has 0 aliphatic rings. The van der Waals surface area contributed by atoms with Crippen LogP contribution in [-0.2, 0) is 16.4 Å². The summed E-state index contributed by atoms with van der Waals surface area (Å²) in [6, 6.07) is 13.8. The van der Waals surface area contributed by atoms with Gasteiger partial charge in [-0.1, -0.05) is 58.7 Å². The van der Waals surface area contributed by atoms with Gasteiger partial charge in [-0.3, -0.25) is 9.59 Å². The van der Waals surface area contributed by atoms with E-state index in [0.717, 1.165) is 41.9 Å². The summed E-state index contributed by atoms with van der Waals surface area (Å²) in [5.41, 5.74) is 1.29. The average Bonchev–Trinajstić information content (AvgIpc) is 3.27. The lowest BCUT2D eigenvalue weighted by Crippen LogP contribution is -2.39. The molecule has 9 heteroatoms. The summed E-state index contributed by atoms with van der Waals surface area (Å²) in [6.07, 6.45) is -2.23. The first-order valence-electron chi connectivity index (χ1n) is 12.7. The van der Waals surface area contributed by atoms with Crippen LogP contribution in [0.25, 0.3) is 5.69 Å². The maximum Gasteiger partial charge on any atom is 0.416 e. The number of carbonyl (C=O) groups excluding carboxylic acids is 2. The summed E-state index contributed by atoms with van der Waals surface area (Å²) >= 11 is 0. The number of nitrogens with zero attached hydrogens (tertiary/aromatic N) is 3. The maximum absolute atomic E-state index is 13.2. The fourth-order valence-corrected chi connectivity index (χ4v) is 3.97. The predicted octanol–water partition coefficient (Wildman–Crippen LogP) is 6.77. The smallest absolute Gasteiger partial charge is 0.329 e. The zero-order valence-corrected chi connectivity index (χ0v) is 22.5. The third-order valence-electron chi connectivity index (χ3n) is 6.08. The highest BCUT2D eigenvalue weighted by atomic mass is 19.4. The fraction of sp³-hybridized carbons (Fsp3) is 0.414. The number of anilines is 1. The number of rotatable bonds is 9. The van der Waals surface area contributed by atoms with Gasteiger partial charge in [0.15, 0.2) is 0 Å². The van der Waals surface area contributed by atoms with Crippen LogP contribution >= 0.6 is 0 Å². The van der Waals surface area contributed by atoms with E-state index in [-0.39, 0.29) is 24.1 Å². The maximum atomic E-state index is 13.2. The Bertz CT molecular complexity index is 1280. The van der Waals surface area contributed by atoms with Crippen LogP contribution in [-0.4, -0.2) is 39.6 Å². The summed E-state index contributed by atoms with van der Waals surface area (Å²) in [6.45, 7) is 9.97. The molecule has 1 heterocycles. The van der Waals surface area contributed by atoms with E-state index in [1.54, 1.807) is 10.7 Å². The second-order valence-corrected chi connectivity index (χ2v) is 10.5. The van der Waals surface area contributed by atoms with Crippen molar-refractivity contribution in [2.24, 2.45) is 0 Å². The van der Waals surface area contributed by atoms with Crippen molar-refractivity contribution in [3.05, 3.63) is 77.0 Å². The van der Waals surface area contributed by atoms with E-state index in [1.165, 1.54) is 17.0 Å². The van der Waals surface area contributed by atoms with Crippen molar-refractivity contribution in [2.75, 3.05) is 18.4 Å². The Morgan fingerprint density at radius 2 is 1.71 bits per heavy atom. The molecule has 2 aromatic carbocycles. The third kappa shape index (κ3) is 7.46. The zero-order valence-electron chi connectivity index (χ0n) is 22.5. The van der Waals surface area contributed by atoms with E-state index in [4.69, 9.17) is 5.10 Å². The Labute approximate surface area is 221 Å². The highest BCUT2D eigenvalue weighted by molar-refractivity contribution is 5.99. The van der Waals surface area contributed by atoms with Crippen molar-refractivity contribution >= 4 is 17.6 Å². The van der Waals surface area contributed by atoms with E-state index in [2.05, 4.69) is 5.32 Å².